The number of hydrogen-bond acceptors (Lipinski definition) is 3. The third-order valence-corrected chi connectivity index (χ3v) is 3.35. The van der Waals surface area contributed by atoms with E-state index in [4.69, 9.17) is 4.42 Å². The molecule has 1 atom stereocenters. The molecular formula is C17H14O3. The highest BCUT2D eigenvalue weighted by molar-refractivity contribution is 6.01. The van der Waals surface area contributed by atoms with Gasteiger partial charge in [-0.15, -0.1) is 0 Å². The Kier molecular flexibility index (Phi) is 3.12. The van der Waals surface area contributed by atoms with E-state index < -0.39 is 11.9 Å². The first kappa shape index (κ1) is 12.6. The summed E-state index contributed by atoms with van der Waals surface area (Å²) in [5.41, 5.74) is 2.22. The molecule has 0 aliphatic carbocycles. The van der Waals surface area contributed by atoms with Crippen LogP contribution in [0.3, 0.4) is 0 Å². The highest BCUT2D eigenvalue weighted by Crippen LogP contribution is 2.26. The van der Waals surface area contributed by atoms with Crippen LogP contribution in [-0.4, -0.2) is 10.9 Å². The third-order valence-electron chi connectivity index (χ3n) is 3.35. The minimum atomic E-state index is -1.20. The van der Waals surface area contributed by atoms with Crippen LogP contribution >= 0.6 is 0 Å². The fraction of sp³-hybridized carbons (Fsp3) is 0.118. The first-order chi connectivity index (χ1) is 9.66. The van der Waals surface area contributed by atoms with Crippen LogP contribution in [0, 0.1) is 6.92 Å². The lowest BCUT2D eigenvalue weighted by atomic mass is 10.0. The molecule has 0 bridgehead atoms. The lowest BCUT2D eigenvalue weighted by molar-refractivity contribution is 0.0720. The van der Waals surface area contributed by atoms with Gasteiger partial charge in [0, 0.05) is 5.39 Å². The van der Waals surface area contributed by atoms with Gasteiger partial charge in [0.1, 0.15) is 11.7 Å². The number of Topliss-reactive ketones (excluding diaryl/α,β-unsaturated/α-hetero) is 1. The van der Waals surface area contributed by atoms with Crippen LogP contribution in [0.2, 0.25) is 0 Å². The number of benzene rings is 2. The molecule has 0 aliphatic rings. The van der Waals surface area contributed by atoms with Gasteiger partial charge in [0.25, 0.3) is 0 Å². The molecule has 3 heteroatoms. The quantitative estimate of drug-likeness (QED) is 0.736. The standard InChI is InChI=1S/C17H14O3/c1-11-6-5-9-13-10-14(20-17(11)13)16(19)15(18)12-7-3-2-4-8-12/h2-10,15,18H,1H3. The summed E-state index contributed by atoms with van der Waals surface area (Å²) in [5, 5.41) is 11.0. The fourth-order valence-corrected chi connectivity index (χ4v) is 2.25. The van der Waals surface area contributed by atoms with Crippen molar-refractivity contribution in [2.75, 3.05) is 0 Å². The van der Waals surface area contributed by atoms with Crippen LogP contribution in [0.15, 0.2) is 59.0 Å². The second kappa shape index (κ2) is 4.94. The van der Waals surface area contributed by atoms with Gasteiger partial charge < -0.3 is 9.52 Å². The molecule has 20 heavy (non-hydrogen) atoms. The minimum absolute atomic E-state index is 0.186. The summed E-state index contributed by atoms with van der Waals surface area (Å²) in [6, 6.07) is 16.2. The average molecular weight is 266 g/mol. The zero-order valence-corrected chi connectivity index (χ0v) is 11.0. The van der Waals surface area contributed by atoms with E-state index in [1.54, 1.807) is 30.3 Å². The van der Waals surface area contributed by atoms with Crippen LogP contribution < -0.4 is 0 Å². The molecule has 3 nitrogen and oxygen atoms in total. The van der Waals surface area contributed by atoms with E-state index in [-0.39, 0.29) is 5.76 Å². The van der Waals surface area contributed by atoms with Crippen molar-refractivity contribution in [2.24, 2.45) is 0 Å². The molecule has 0 saturated carbocycles. The van der Waals surface area contributed by atoms with E-state index in [2.05, 4.69) is 0 Å². The van der Waals surface area contributed by atoms with Gasteiger partial charge in [0.2, 0.25) is 5.78 Å². The topological polar surface area (TPSA) is 50.4 Å². The zero-order chi connectivity index (χ0) is 14.1. The maximum absolute atomic E-state index is 12.3. The van der Waals surface area contributed by atoms with Crippen molar-refractivity contribution in [3.8, 4) is 0 Å². The molecule has 3 aromatic rings. The Labute approximate surface area is 116 Å². The maximum Gasteiger partial charge on any atom is 0.230 e. The number of carbonyl (C=O) groups excluding carboxylic acids is 1. The lowest BCUT2D eigenvalue weighted by Crippen LogP contribution is -2.11. The van der Waals surface area contributed by atoms with Crippen molar-refractivity contribution in [1.29, 1.82) is 0 Å². The van der Waals surface area contributed by atoms with Crippen LogP contribution in [-0.2, 0) is 0 Å². The Morgan fingerprint density at radius 1 is 1.10 bits per heavy atom. The predicted octanol–water partition coefficient (Wildman–Crippen LogP) is 3.66. The number of furan rings is 1. The van der Waals surface area contributed by atoms with E-state index in [0.717, 1.165) is 10.9 Å². The molecule has 1 N–H and O–H groups in total. The average Bonchev–Trinajstić information content (AvgIpc) is 2.92. The molecule has 1 unspecified atom stereocenters. The molecule has 1 aromatic heterocycles. The monoisotopic (exact) mass is 266 g/mol. The first-order valence-corrected chi connectivity index (χ1v) is 6.43. The molecule has 0 aliphatic heterocycles. The van der Waals surface area contributed by atoms with E-state index in [9.17, 15) is 9.90 Å². The molecule has 3 rings (SSSR count). The zero-order valence-electron chi connectivity index (χ0n) is 11.0. The molecule has 1 heterocycles. The first-order valence-electron chi connectivity index (χ1n) is 6.43. The molecule has 0 amide bonds. The van der Waals surface area contributed by atoms with Gasteiger partial charge in [-0.1, -0.05) is 48.5 Å². The Hall–Kier alpha value is -2.39. The molecule has 100 valence electrons. The number of hydrogen-bond donors (Lipinski definition) is 1. The highest BCUT2D eigenvalue weighted by Gasteiger charge is 2.22. The largest absolute Gasteiger partial charge is 0.453 e. The second-order valence-electron chi connectivity index (χ2n) is 4.78. The molecule has 0 spiro atoms. The van der Waals surface area contributed by atoms with Gasteiger partial charge in [-0.05, 0) is 24.1 Å². The second-order valence-corrected chi connectivity index (χ2v) is 4.78. The van der Waals surface area contributed by atoms with Crippen molar-refractivity contribution in [3.63, 3.8) is 0 Å². The number of ketones is 1. The Morgan fingerprint density at radius 3 is 2.55 bits per heavy atom. The van der Waals surface area contributed by atoms with Crippen LogP contribution in [0.5, 0.6) is 0 Å². The summed E-state index contributed by atoms with van der Waals surface area (Å²) < 4.78 is 5.59. The van der Waals surface area contributed by atoms with Gasteiger partial charge in [0.15, 0.2) is 5.76 Å². The number of para-hydroxylation sites is 1. The van der Waals surface area contributed by atoms with Gasteiger partial charge in [-0.3, -0.25) is 4.79 Å². The third kappa shape index (κ3) is 2.12. The number of fused-ring (bicyclic) bond motifs is 1. The Balaban J connectivity index is 1.99. The molecule has 0 radical (unpaired) electrons. The van der Waals surface area contributed by atoms with Crippen molar-refractivity contribution in [2.45, 2.75) is 13.0 Å². The normalized spacial score (nSPS) is 12.5. The van der Waals surface area contributed by atoms with Crippen molar-refractivity contribution >= 4 is 16.8 Å². The summed E-state index contributed by atoms with van der Waals surface area (Å²) in [7, 11) is 0. The van der Waals surface area contributed by atoms with E-state index in [0.29, 0.717) is 11.1 Å². The molecular weight excluding hydrogens is 252 g/mol. The molecule has 0 fully saturated rings. The van der Waals surface area contributed by atoms with Gasteiger partial charge >= 0.3 is 0 Å². The van der Waals surface area contributed by atoms with E-state index in [1.807, 2.05) is 31.2 Å². The summed E-state index contributed by atoms with van der Waals surface area (Å²) in [6.07, 6.45) is -1.20. The fourth-order valence-electron chi connectivity index (χ4n) is 2.25. The van der Waals surface area contributed by atoms with Gasteiger partial charge in [0.05, 0.1) is 0 Å². The van der Waals surface area contributed by atoms with Crippen molar-refractivity contribution in [3.05, 3.63) is 71.5 Å². The highest BCUT2D eigenvalue weighted by atomic mass is 16.4. The van der Waals surface area contributed by atoms with Crippen LogP contribution in [0.25, 0.3) is 11.0 Å². The summed E-state index contributed by atoms with van der Waals surface area (Å²) >= 11 is 0. The predicted molar refractivity (Wildman–Crippen MR) is 76.7 cm³/mol. The number of aliphatic hydroxyl groups is 1. The van der Waals surface area contributed by atoms with E-state index in [1.165, 1.54) is 0 Å². The lowest BCUT2D eigenvalue weighted by Gasteiger charge is -2.07. The summed E-state index contributed by atoms with van der Waals surface area (Å²) in [5.74, 6) is -0.238. The smallest absolute Gasteiger partial charge is 0.230 e. The van der Waals surface area contributed by atoms with Crippen LogP contribution in [0.1, 0.15) is 27.8 Å². The summed E-state index contributed by atoms with van der Waals surface area (Å²) in [4.78, 5) is 12.3. The van der Waals surface area contributed by atoms with Gasteiger partial charge in [-0.25, -0.2) is 0 Å². The SMILES string of the molecule is Cc1cccc2cc(C(=O)C(O)c3ccccc3)oc12. The van der Waals surface area contributed by atoms with Crippen LogP contribution in [0.4, 0.5) is 0 Å². The van der Waals surface area contributed by atoms with Crippen molar-refractivity contribution < 1.29 is 14.3 Å². The minimum Gasteiger partial charge on any atom is -0.453 e. The maximum atomic E-state index is 12.3. The number of rotatable bonds is 3. The molecule has 0 saturated heterocycles. The summed E-state index contributed by atoms with van der Waals surface area (Å²) in [6.45, 7) is 1.92. The van der Waals surface area contributed by atoms with Gasteiger partial charge in [-0.2, -0.15) is 0 Å². The molecule has 2 aromatic carbocycles. The Morgan fingerprint density at radius 2 is 1.85 bits per heavy atom. The number of aliphatic hydroxyl groups excluding tert-OH is 1. The number of aryl methyl sites for hydroxylation is 1. The number of carbonyl (C=O) groups is 1. The van der Waals surface area contributed by atoms with Crippen molar-refractivity contribution in [1.82, 2.24) is 0 Å². The Bertz CT molecular complexity index is 756. The van der Waals surface area contributed by atoms with E-state index >= 15 is 0 Å².